The molecule has 1 aromatic carbocycles. The molecule has 3 aromatic rings. The minimum atomic E-state index is -4.48. The number of aromatic nitrogens is 5. The number of aliphatic hydroxyl groups is 2. The molecule has 31 heavy (non-hydrogen) atoms. The first-order valence-electron chi connectivity index (χ1n) is 8.93. The first-order valence-corrected chi connectivity index (χ1v) is 10.6. The monoisotopic (exact) mass is 448 g/mol. The van der Waals surface area contributed by atoms with Crippen LogP contribution in [-0.4, -0.2) is 69.2 Å². The second-order valence-electron chi connectivity index (χ2n) is 6.65. The van der Waals surface area contributed by atoms with E-state index in [1.54, 1.807) is 30.3 Å². The van der Waals surface area contributed by atoms with Gasteiger partial charge in [-0.3, -0.25) is 9.36 Å². The zero-order chi connectivity index (χ0) is 22.2. The number of amides is 1. The smallest absolute Gasteiger partial charge is 0.348 e. The molecule has 3 heterocycles. The second kappa shape index (κ2) is 8.23. The zero-order valence-electron chi connectivity index (χ0n) is 15.6. The van der Waals surface area contributed by atoms with Crippen molar-refractivity contribution >= 4 is 30.5 Å². The highest BCUT2D eigenvalue weighted by atomic mass is 31.2. The Morgan fingerprint density at radius 1 is 1.16 bits per heavy atom. The van der Waals surface area contributed by atoms with Gasteiger partial charge >= 0.3 is 7.60 Å². The largest absolute Gasteiger partial charge is 0.387 e. The standard InChI is InChI=1S/C17H17N6O7P/c24-12-10(6-7-31(27,28)29)30-17(13(12)25)23-15-11(21-22-23)14(18-8-19-15)20-16(26)9-4-2-1-3-5-9/h1-8,10,12-13,17,24-25H,(H2,27,28,29)(H,18,19,20,26). The maximum atomic E-state index is 12.4. The van der Waals surface area contributed by atoms with Crippen LogP contribution >= 0.6 is 7.60 Å². The van der Waals surface area contributed by atoms with Crippen LogP contribution in [0.4, 0.5) is 5.82 Å². The maximum Gasteiger partial charge on any atom is 0.348 e. The Bertz CT molecular complexity index is 1180. The summed E-state index contributed by atoms with van der Waals surface area (Å²) in [6, 6.07) is 8.44. The predicted octanol–water partition coefficient (Wildman–Crippen LogP) is -0.216. The topological polar surface area (TPSA) is 193 Å². The lowest BCUT2D eigenvalue weighted by atomic mass is 10.1. The number of hydrogen-bond donors (Lipinski definition) is 5. The van der Waals surface area contributed by atoms with Gasteiger partial charge in [0.1, 0.15) is 24.6 Å². The van der Waals surface area contributed by atoms with Gasteiger partial charge in [0, 0.05) is 11.4 Å². The van der Waals surface area contributed by atoms with Crippen molar-refractivity contribution in [1.29, 1.82) is 0 Å². The van der Waals surface area contributed by atoms with Crippen molar-refractivity contribution in [3.63, 3.8) is 0 Å². The van der Waals surface area contributed by atoms with Crippen LogP contribution in [-0.2, 0) is 9.30 Å². The average Bonchev–Trinajstić information content (AvgIpc) is 3.29. The van der Waals surface area contributed by atoms with Gasteiger partial charge in [-0.2, -0.15) is 4.68 Å². The van der Waals surface area contributed by atoms with Crippen molar-refractivity contribution in [3.05, 3.63) is 54.1 Å². The van der Waals surface area contributed by atoms with E-state index in [1.165, 1.54) is 0 Å². The number of benzene rings is 1. The average molecular weight is 448 g/mol. The lowest BCUT2D eigenvalue weighted by Gasteiger charge is -2.14. The normalized spacial score (nSPS) is 24.1. The molecule has 1 amide bonds. The molecular weight excluding hydrogens is 431 g/mol. The highest BCUT2D eigenvalue weighted by Crippen LogP contribution is 2.38. The molecule has 162 valence electrons. The fourth-order valence-corrected chi connectivity index (χ4v) is 3.43. The minimum absolute atomic E-state index is 0.0797. The quantitative estimate of drug-likeness (QED) is 0.324. The van der Waals surface area contributed by atoms with E-state index in [4.69, 9.17) is 14.5 Å². The molecule has 1 fully saturated rings. The summed E-state index contributed by atoms with van der Waals surface area (Å²) in [4.78, 5) is 38.4. The van der Waals surface area contributed by atoms with Gasteiger partial charge in [0.15, 0.2) is 23.2 Å². The Labute approximate surface area is 174 Å². The third kappa shape index (κ3) is 4.37. The van der Waals surface area contributed by atoms with E-state index in [0.717, 1.165) is 17.1 Å². The fraction of sp³-hybridized carbons (Fsp3) is 0.235. The number of hydrogen-bond acceptors (Lipinski definition) is 9. The SMILES string of the molecule is O=C(Nc1ncnc2c1nnn2C1OC(C=CP(=O)(O)O)C(O)C1O)c1ccccc1. The highest BCUT2D eigenvalue weighted by molar-refractivity contribution is 7.55. The Morgan fingerprint density at radius 3 is 2.61 bits per heavy atom. The lowest BCUT2D eigenvalue weighted by molar-refractivity contribution is -0.0329. The van der Waals surface area contributed by atoms with Gasteiger partial charge in [-0.25, -0.2) is 9.97 Å². The Kier molecular flexibility index (Phi) is 5.62. The molecule has 4 rings (SSSR count). The Balaban J connectivity index is 1.61. The number of aliphatic hydroxyl groups excluding tert-OH is 2. The van der Waals surface area contributed by atoms with E-state index in [9.17, 15) is 19.6 Å². The molecule has 1 saturated heterocycles. The highest BCUT2D eigenvalue weighted by Gasteiger charge is 2.44. The molecule has 0 spiro atoms. The molecule has 1 aliphatic rings. The molecule has 4 unspecified atom stereocenters. The first kappa shape index (κ1) is 21.2. The minimum Gasteiger partial charge on any atom is -0.387 e. The zero-order valence-corrected chi connectivity index (χ0v) is 16.5. The number of rotatable bonds is 5. The third-order valence-corrected chi connectivity index (χ3v) is 5.08. The van der Waals surface area contributed by atoms with Crippen LogP contribution in [0.25, 0.3) is 11.2 Å². The van der Waals surface area contributed by atoms with Gasteiger partial charge in [0.05, 0.1) is 0 Å². The van der Waals surface area contributed by atoms with Crippen LogP contribution in [0.15, 0.2) is 48.6 Å². The van der Waals surface area contributed by atoms with Crippen molar-refractivity contribution in [3.8, 4) is 0 Å². The number of carbonyl (C=O) groups excluding carboxylic acids is 1. The van der Waals surface area contributed by atoms with Gasteiger partial charge < -0.3 is 30.1 Å². The molecule has 0 bridgehead atoms. The summed E-state index contributed by atoms with van der Waals surface area (Å²) in [6.07, 6.45) is -3.30. The predicted molar refractivity (Wildman–Crippen MR) is 105 cm³/mol. The summed E-state index contributed by atoms with van der Waals surface area (Å²) in [5.74, 6) is 0.232. The van der Waals surface area contributed by atoms with Crippen molar-refractivity contribution in [2.45, 2.75) is 24.5 Å². The number of ether oxygens (including phenoxy) is 1. The van der Waals surface area contributed by atoms with Gasteiger partial charge in [0.25, 0.3) is 5.91 Å². The second-order valence-corrected chi connectivity index (χ2v) is 8.13. The lowest BCUT2D eigenvalue weighted by Crippen LogP contribution is -2.31. The Morgan fingerprint density at radius 2 is 1.90 bits per heavy atom. The van der Waals surface area contributed by atoms with Crippen LogP contribution < -0.4 is 5.32 Å². The van der Waals surface area contributed by atoms with Crippen LogP contribution in [0.1, 0.15) is 16.6 Å². The Hall–Kier alpha value is -3.06. The molecule has 1 aliphatic heterocycles. The van der Waals surface area contributed by atoms with Crippen LogP contribution in [0.5, 0.6) is 0 Å². The molecule has 4 atom stereocenters. The summed E-state index contributed by atoms with van der Waals surface area (Å²) in [6.45, 7) is 0. The summed E-state index contributed by atoms with van der Waals surface area (Å²) < 4.78 is 17.6. The van der Waals surface area contributed by atoms with Crippen LogP contribution in [0.3, 0.4) is 0 Å². The van der Waals surface area contributed by atoms with E-state index < -0.39 is 38.0 Å². The summed E-state index contributed by atoms with van der Waals surface area (Å²) >= 11 is 0. The van der Waals surface area contributed by atoms with E-state index in [2.05, 4.69) is 25.6 Å². The summed E-state index contributed by atoms with van der Waals surface area (Å²) in [5.41, 5.74) is 0.625. The molecular formula is C17H17N6O7P. The third-order valence-electron chi connectivity index (χ3n) is 4.52. The first-order chi connectivity index (χ1) is 14.7. The summed E-state index contributed by atoms with van der Waals surface area (Å²) in [7, 11) is -4.48. The van der Waals surface area contributed by atoms with E-state index in [1.807, 2.05) is 0 Å². The van der Waals surface area contributed by atoms with Crippen LogP contribution in [0, 0.1) is 0 Å². The molecule has 13 nitrogen and oxygen atoms in total. The van der Waals surface area contributed by atoms with Crippen molar-refractivity contribution < 1.29 is 34.1 Å². The van der Waals surface area contributed by atoms with Crippen molar-refractivity contribution in [2.24, 2.45) is 0 Å². The number of nitrogens with one attached hydrogen (secondary N) is 1. The molecule has 5 N–H and O–H groups in total. The molecule has 0 aliphatic carbocycles. The number of anilines is 1. The number of carbonyl (C=O) groups is 1. The molecule has 0 saturated carbocycles. The fourth-order valence-electron chi connectivity index (χ4n) is 3.04. The van der Waals surface area contributed by atoms with E-state index >= 15 is 0 Å². The van der Waals surface area contributed by atoms with Gasteiger partial charge in [-0.1, -0.05) is 23.4 Å². The van der Waals surface area contributed by atoms with Crippen molar-refractivity contribution in [2.75, 3.05) is 5.32 Å². The van der Waals surface area contributed by atoms with E-state index in [-0.39, 0.29) is 17.0 Å². The number of nitrogens with zero attached hydrogens (tertiary/aromatic N) is 5. The molecule has 2 aromatic heterocycles. The molecule has 0 radical (unpaired) electrons. The number of fused-ring (bicyclic) bond motifs is 1. The van der Waals surface area contributed by atoms with Gasteiger partial charge in [-0.05, 0) is 18.2 Å². The van der Waals surface area contributed by atoms with Gasteiger partial charge in [0.2, 0.25) is 0 Å². The van der Waals surface area contributed by atoms with Crippen molar-refractivity contribution in [1.82, 2.24) is 25.0 Å². The van der Waals surface area contributed by atoms with E-state index in [0.29, 0.717) is 11.4 Å². The molecule has 14 heteroatoms. The maximum absolute atomic E-state index is 12.4. The van der Waals surface area contributed by atoms with Gasteiger partial charge in [-0.15, -0.1) is 5.10 Å². The summed E-state index contributed by atoms with van der Waals surface area (Å²) in [5, 5.41) is 30.9. The van der Waals surface area contributed by atoms with Crippen LogP contribution in [0.2, 0.25) is 0 Å².